The molecular formula is C16H27N3O3S. The highest BCUT2D eigenvalue weighted by molar-refractivity contribution is 7.90. The first-order valence-corrected chi connectivity index (χ1v) is 10.6. The van der Waals surface area contributed by atoms with Crippen molar-refractivity contribution in [2.75, 3.05) is 25.1 Å². The number of sulfone groups is 1. The van der Waals surface area contributed by atoms with Crippen LogP contribution in [0.5, 0.6) is 0 Å². The van der Waals surface area contributed by atoms with Crippen molar-refractivity contribution >= 4 is 9.84 Å². The van der Waals surface area contributed by atoms with Crippen LogP contribution in [0.4, 0.5) is 0 Å². The maximum Gasteiger partial charge on any atom is 0.150 e. The van der Waals surface area contributed by atoms with Gasteiger partial charge in [-0.15, -0.1) is 0 Å². The van der Waals surface area contributed by atoms with Crippen molar-refractivity contribution in [2.24, 2.45) is 5.92 Å². The quantitative estimate of drug-likeness (QED) is 0.875. The van der Waals surface area contributed by atoms with Gasteiger partial charge >= 0.3 is 0 Å². The molecule has 0 radical (unpaired) electrons. The summed E-state index contributed by atoms with van der Waals surface area (Å²) in [6, 6.07) is 1.86. The fourth-order valence-electron chi connectivity index (χ4n) is 3.77. The van der Waals surface area contributed by atoms with Crippen molar-refractivity contribution in [3.05, 3.63) is 17.5 Å². The molecule has 23 heavy (non-hydrogen) atoms. The molecule has 1 aliphatic carbocycles. The first kappa shape index (κ1) is 16.9. The summed E-state index contributed by atoms with van der Waals surface area (Å²) in [5, 5.41) is 14.5. The van der Waals surface area contributed by atoms with E-state index in [4.69, 9.17) is 0 Å². The lowest BCUT2D eigenvalue weighted by atomic mass is 9.89. The molecule has 0 spiro atoms. The first-order chi connectivity index (χ1) is 10.9. The van der Waals surface area contributed by atoms with Gasteiger partial charge in [-0.25, -0.2) is 8.42 Å². The first-order valence-electron chi connectivity index (χ1n) is 8.55. The van der Waals surface area contributed by atoms with Gasteiger partial charge in [0, 0.05) is 25.9 Å². The molecule has 1 aromatic heterocycles. The van der Waals surface area contributed by atoms with Crippen molar-refractivity contribution in [3.63, 3.8) is 0 Å². The molecule has 2 heterocycles. The van der Waals surface area contributed by atoms with E-state index in [-0.39, 0.29) is 5.75 Å². The fourth-order valence-corrected chi connectivity index (χ4v) is 4.51. The average molecular weight is 341 g/mol. The number of hydrogen-bond acceptors (Lipinski definition) is 5. The Bertz CT molecular complexity index is 635. The Morgan fingerprint density at radius 2 is 2.04 bits per heavy atom. The maximum absolute atomic E-state index is 11.3. The van der Waals surface area contributed by atoms with Gasteiger partial charge in [0.25, 0.3) is 0 Å². The van der Waals surface area contributed by atoms with Crippen LogP contribution in [-0.2, 0) is 22.9 Å². The van der Waals surface area contributed by atoms with Crippen LogP contribution in [0.15, 0.2) is 6.07 Å². The maximum atomic E-state index is 11.3. The molecule has 6 nitrogen and oxygen atoms in total. The number of hydrogen-bond donors (Lipinski definition) is 1. The van der Waals surface area contributed by atoms with Crippen LogP contribution in [-0.4, -0.2) is 53.3 Å². The van der Waals surface area contributed by atoms with E-state index in [0.717, 1.165) is 44.0 Å². The summed E-state index contributed by atoms with van der Waals surface area (Å²) >= 11 is 0. The normalized spacial score (nSPS) is 22.0. The van der Waals surface area contributed by atoms with Gasteiger partial charge in [0.1, 0.15) is 15.9 Å². The molecule has 2 aliphatic rings. The van der Waals surface area contributed by atoms with Gasteiger partial charge in [0.05, 0.1) is 23.7 Å². The summed E-state index contributed by atoms with van der Waals surface area (Å²) in [4.78, 5) is 2.47. The smallest absolute Gasteiger partial charge is 0.150 e. The topological polar surface area (TPSA) is 75.4 Å². The van der Waals surface area contributed by atoms with Gasteiger partial charge in [0.2, 0.25) is 0 Å². The van der Waals surface area contributed by atoms with Crippen molar-refractivity contribution < 1.29 is 13.5 Å². The molecule has 130 valence electrons. The Kier molecular flexibility index (Phi) is 5.08. The minimum atomic E-state index is -3.21. The zero-order chi connectivity index (χ0) is 16.4. The molecule has 0 unspecified atom stereocenters. The van der Waals surface area contributed by atoms with Gasteiger partial charge in [-0.1, -0.05) is 19.3 Å². The molecule has 1 atom stereocenters. The molecule has 1 aromatic rings. The number of aliphatic hydroxyl groups excluding tert-OH is 1. The predicted molar refractivity (Wildman–Crippen MR) is 88.7 cm³/mol. The predicted octanol–water partition coefficient (Wildman–Crippen LogP) is 1.36. The minimum absolute atomic E-state index is 0.269. The molecule has 0 amide bonds. The van der Waals surface area contributed by atoms with E-state index in [9.17, 15) is 13.5 Å². The standard InChI is InChI=1S/C16H27N3O3S/c1-23(21,22)12-16(20)15-9-14-11-18(7-8-19(14)17-15)10-13-5-3-2-4-6-13/h9,13,16,20H,2-8,10-12H2,1H3/t16-/m0/s1. The van der Waals surface area contributed by atoms with Crippen LogP contribution in [0.2, 0.25) is 0 Å². The Balaban J connectivity index is 1.62. The lowest BCUT2D eigenvalue weighted by molar-refractivity contribution is 0.162. The number of fused-ring (bicyclic) bond motifs is 1. The average Bonchev–Trinajstić information content (AvgIpc) is 2.90. The van der Waals surface area contributed by atoms with E-state index in [1.165, 1.54) is 32.1 Å². The van der Waals surface area contributed by atoms with Gasteiger partial charge in [0.15, 0.2) is 0 Å². The number of rotatable bonds is 5. The van der Waals surface area contributed by atoms with Crippen LogP contribution in [0.3, 0.4) is 0 Å². The summed E-state index contributed by atoms with van der Waals surface area (Å²) in [6.45, 7) is 3.78. The van der Waals surface area contributed by atoms with Crippen LogP contribution in [0.1, 0.15) is 49.6 Å². The zero-order valence-electron chi connectivity index (χ0n) is 13.8. The van der Waals surface area contributed by atoms with E-state index in [1.807, 2.05) is 10.7 Å². The van der Waals surface area contributed by atoms with E-state index in [1.54, 1.807) is 0 Å². The SMILES string of the molecule is CS(=O)(=O)C[C@H](O)c1cc2n(n1)CCN(CC1CCCCC1)C2. The van der Waals surface area contributed by atoms with Crippen molar-refractivity contribution in [1.29, 1.82) is 0 Å². The highest BCUT2D eigenvalue weighted by atomic mass is 32.2. The monoisotopic (exact) mass is 341 g/mol. The molecule has 0 saturated heterocycles. The summed E-state index contributed by atoms with van der Waals surface area (Å²) in [5.74, 6) is 0.545. The molecular weight excluding hydrogens is 314 g/mol. The molecule has 7 heteroatoms. The Morgan fingerprint density at radius 1 is 1.30 bits per heavy atom. The van der Waals surface area contributed by atoms with Gasteiger partial charge in [-0.05, 0) is 24.8 Å². The molecule has 1 saturated carbocycles. The molecule has 1 aliphatic heterocycles. The number of nitrogens with zero attached hydrogens (tertiary/aromatic N) is 3. The van der Waals surface area contributed by atoms with Crippen LogP contribution < -0.4 is 0 Å². The van der Waals surface area contributed by atoms with Gasteiger partial charge in [-0.2, -0.15) is 5.10 Å². The fraction of sp³-hybridized carbons (Fsp3) is 0.812. The second-order valence-electron chi connectivity index (χ2n) is 7.13. The van der Waals surface area contributed by atoms with E-state index in [2.05, 4.69) is 10.00 Å². The summed E-state index contributed by atoms with van der Waals surface area (Å²) < 4.78 is 24.6. The minimum Gasteiger partial charge on any atom is -0.386 e. The molecule has 3 rings (SSSR count). The number of aromatic nitrogens is 2. The van der Waals surface area contributed by atoms with Crippen molar-refractivity contribution in [2.45, 2.75) is 51.3 Å². The van der Waals surface area contributed by atoms with Crippen LogP contribution in [0, 0.1) is 5.92 Å². The van der Waals surface area contributed by atoms with Crippen LogP contribution in [0.25, 0.3) is 0 Å². The Morgan fingerprint density at radius 3 is 2.74 bits per heavy atom. The molecule has 0 aromatic carbocycles. The van der Waals surface area contributed by atoms with Crippen molar-refractivity contribution in [3.8, 4) is 0 Å². The molecule has 0 bridgehead atoms. The lowest BCUT2D eigenvalue weighted by Gasteiger charge is -2.32. The van der Waals surface area contributed by atoms with E-state index >= 15 is 0 Å². The molecule has 1 N–H and O–H groups in total. The summed E-state index contributed by atoms with van der Waals surface area (Å²) in [6.07, 6.45) is 6.89. The Hall–Kier alpha value is -0.920. The third-order valence-corrected chi connectivity index (χ3v) is 5.86. The van der Waals surface area contributed by atoms with Crippen LogP contribution >= 0.6 is 0 Å². The second kappa shape index (κ2) is 6.91. The Labute approximate surface area is 138 Å². The lowest BCUT2D eigenvalue weighted by Crippen LogP contribution is -2.37. The van der Waals surface area contributed by atoms with E-state index < -0.39 is 15.9 Å². The third-order valence-electron chi connectivity index (χ3n) is 4.94. The van der Waals surface area contributed by atoms with E-state index in [0.29, 0.717) is 5.69 Å². The van der Waals surface area contributed by atoms with Crippen molar-refractivity contribution in [1.82, 2.24) is 14.7 Å². The second-order valence-corrected chi connectivity index (χ2v) is 9.32. The number of aliphatic hydroxyl groups is 1. The highest BCUT2D eigenvalue weighted by Gasteiger charge is 2.25. The van der Waals surface area contributed by atoms with Gasteiger partial charge in [-0.3, -0.25) is 9.58 Å². The highest BCUT2D eigenvalue weighted by Crippen LogP contribution is 2.26. The summed E-state index contributed by atoms with van der Waals surface area (Å²) in [7, 11) is -3.21. The molecule has 1 fully saturated rings. The summed E-state index contributed by atoms with van der Waals surface area (Å²) in [5.41, 5.74) is 1.56. The zero-order valence-corrected chi connectivity index (χ0v) is 14.6. The largest absolute Gasteiger partial charge is 0.386 e. The third kappa shape index (κ3) is 4.55. The van der Waals surface area contributed by atoms with Gasteiger partial charge < -0.3 is 5.11 Å².